The Morgan fingerprint density at radius 3 is 2.43 bits per heavy atom. The fourth-order valence-corrected chi connectivity index (χ4v) is 2.44. The highest BCUT2D eigenvalue weighted by atomic mass is 19.4. The first-order valence-corrected chi connectivity index (χ1v) is 7.28. The van der Waals surface area contributed by atoms with Crippen LogP contribution in [0.3, 0.4) is 0 Å². The molecule has 0 aromatic heterocycles. The molecule has 0 bridgehead atoms. The van der Waals surface area contributed by atoms with E-state index in [-0.39, 0.29) is 12.5 Å². The van der Waals surface area contributed by atoms with E-state index in [0.29, 0.717) is 0 Å². The molecule has 2 aromatic rings. The minimum Gasteiger partial charge on any atom is -0.310 e. The molecule has 0 saturated heterocycles. The second kappa shape index (κ2) is 6.94. The summed E-state index contributed by atoms with van der Waals surface area (Å²) in [4.78, 5) is 0. The third-order valence-corrected chi connectivity index (χ3v) is 3.53. The first kappa shape index (κ1) is 15.8. The fourth-order valence-electron chi connectivity index (χ4n) is 2.44. The highest BCUT2D eigenvalue weighted by molar-refractivity contribution is 5.83. The normalized spacial score (nSPS) is 13.5. The zero-order valence-electron chi connectivity index (χ0n) is 12.1. The topological polar surface area (TPSA) is 12.0 Å². The van der Waals surface area contributed by atoms with Crippen molar-refractivity contribution in [1.29, 1.82) is 0 Å². The van der Waals surface area contributed by atoms with Gasteiger partial charge in [0, 0.05) is 12.5 Å². The summed E-state index contributed by atoms with van der Waals surface area (Å²) in [6.45, 7) is 2.73. The van der Waals surface area contributed by atoms with Crippen molar-refractivity contribution < 1.29 is 13.2 Å². The molecule has 21 heavy (non-hydrogen) atoms. The monoisotopic (exact) mass is 295 g/mol. The summed E-state index contributed by atoms with van der Waals surface area (Å²) in [6.07, 6.45) is -3.90. The fraction of sp³-hybridized carbons (Fsp3) is 0.412. The van der Waals surface area contributed by atoms with E-state index in [9.17, 15) is 13.2 Å². The Kier molecular flexibility index (Phi) is 5.23. The molecular formula is C17H20F3N. The number of fused-ring (bicyclic) bond motifs is 1. The van der Waals surface area contributed by atoms with Gasteiger partial charge in [-0.25, -0.2) is 0 Å². The smallest absolute Gasteiger partial charge is 0.310 e. The van der Waals surface area contributed by atoms with Gasteiger partial charge in [-0.2, -0.15) is 13.2 Å². The molecule has 4 heteroatoms. The van der Waals surface area contributed by atoms with Gasteiger partial charge in [0.25, 0.3) is 0 Å². The van der Waals surface area contributed by atoms with Gasteiger partial charge in [-0.3, -0.25) is 0 Å². The maximum absolute atomic E-state index is 12.5. The van der Waals surface area contributed by atoms with Crippen molar-refractivity contribution in [2.75, 3.05) is 6.54 Å². The summed E-state index contributed by atoms with van der Waals surface area (Å²) < 4.78 is 37.4. The molecule has 0 heterocycles. The van der Waals surface area contributed by atoms with E-state index in [4.69, 9.17) is 0 Å². The van der Waals surface area contributed by atoms with Crippen LogP contribution < -0.4 is 5.32 Å². The lowest BCUT2D eigenvalue weighted by Crippen LogP contribution is -2.24. The van der Waals surface area contributed by atoms with Crippen molar-refractivity contribution in [1.82, 2.24) is 5.32 Å². The molecule has 1 N–H and O–H groups in total. The summed E-state index contributed by atoms with van der Waals surface area (Å²) in [5.41, 5.74) is 0.923. The number of halogens is 3. The number of benzene rings is 2. The third-order valence-electron chi connectivity index (χ3n) is 3.53. The molecule has 0 saturated carbocycles. The lowest BCUT2D eigenvalue weighted by atomic mass is 9.98. The molecule has 0 spiro atoms. The van der Waals surface area contributed by atoms with Crippen LogP contribution >= 0.6 is 0 Å². The molecule has 1 atom stereocenters. The van der Waals surface area contributed by atoms with Crippen molar-refractivity contribution >= 4 is 10.8 Å². The zero-order chi connectivity index (χ0) is 15.3. The average Bonchev–Trinajstić information content (AvgIpc) is 2.46. The number of rotatable bonds is 6. The Labute approximate surface area is 123 Å². The van der Waals surface area contributed by atoms with Crippen LogP contribution in [0.25, 0.3) is 10.8 Å². The minimum atomic E-state index is -4.11. The lowest BCUT2D eigenvalue weighted by molar-refractivity contribution is -0.136. The molecule has 0 aliphatic carbocycles. The number of hydrogen-bond acceptors (Lipinski definition) is 1. The van der Waals surface area contributed by atoms with E-state index in [1.165, 1.54) is 0 Å². The standard InChI is InChI=1S/C17H20F3N/c1-2-11-21-16(9-10-17(18,19)20)15-8-7-13-5-3-4-6-14(13)12-15/h3-8,12,16,21H,2,9-11H2,1H3. The maximum atomic E-state index is 12.5. The lowest BCUT2D eigenvalue weighted by Gasteiger charge is -2.20. The molecule has 114 valence electrons. The van der Waals surface area contributed by atoms with Gasteiger partial charge in [0.1, 0.15) is 0 Å². The molecule has 0 amide bonds. The van der Waals surface area contributed by atoms with Crippen molar-refractivity contribution in [3.8, 4) is 0 Å². The van der Waals surface area contributed by atoms with Gasteiger partial charge in [0.05, 0.1) is 0 Å². The Morgan fingerprint density at radius 2 is 1.76 bits per heavy atom. The average molecular weight is 295 g/mol. The molecule has 2 rings (SSSR count). The number of nitrogens with one attached hydrogen (secondary N) is 1. The molecule has 1 nitrogen and oxygen atoms in total. The SMILES string of the molecule is CCCNC(CCC(F)(F)F)c1ccc2ccccc2c1. The molecule has 1 unspecified atom stereocenters. The van der Waals surface area contributed by atoms with Gasteiger partial charge >= 0.3 is 6.18 Å². The molecule has 0 aliphatic rings. The van der Waals surface area contributed by atoms with Gasteiger partial charge in [-0.15, -0.1) is 0 Å². The molecular weight excluding hydrogens is 275 g/mol. The van der Waals surface area contributed by atoms with Crippen LogP contribution in [0.4, 0.5) is 13.2 Å². The maximum Gasteiger partial charge on any atom is 0.389 e. The Balaban J connectivity index is 2.20. The van der Waals surface area contributed by atoms with Gasteiger partial charge in [0.15, 0.2) is 0 Å². The minimum absolute atomic E-state index is 0.0713. The first-order chi connectivity index (χ1) is 9.99. The Bertz CT molecular complexity index is 578. The van der Waals surface area contributed by atoms with Gasteiger partial charge in [-0.05, 0) is 41.8 Å². The van der Waals surface area contributed by atoms with Crippen LogP contribution in [0, 0.1) is 0 Å². The predicted molar refractivity (Wildman–Crippen MR) is 80.3 cm³/mol. The van der Waals surface area contributed by atoms with E-state index in [2.05, 4.69) is 5.32 Å². The Hall–Kier alpha value is -1.55. The van der Waals surface area contributed by atoms with Crippen LogP contribution in [-0.2, 0) is 0 Å². The van der Waals surface area contributed by atoms with Crippen molar-refractivity contribution in [3.63, 3.8) is 0 Å². The molecule has 0 aliphatic heterocycles. The highest BCUT2D eigenvalue weighted by Crippen LogP contribution is 2.29. The summed E-state index contributed by atoms with van der Waals surface area (Å²) >= 11 is 0. The van der Waals surface area contributed by atoms with E-state index in [1.807, 2.05) is 49.4 Å². The van der Waals surface area contributed by atoms with Crippen molar-refractivity contribution in [3.05, 3.63) is 48.0 Å². The van der Waals surface area contributed by atoms with Crippen molar-refractivity contribution in [2.24, 2.45) is 0 Å². The summed E-state index contributed by atoms with van der Waals surface area (Å²) in [7, 11) is 0. The quantitative estimate of drug-likeness (QED) is 0.770. The third kappa shape index (κ3) is 4.74. The van der Waals surface area contributed by atoms with Crippen LogP contribution in [0.15, 0.2) is 42.5 Å². The largest absolute Gasteiger partial charge is 0.389 e. The van der Waals surface area contributed by atoms with Gasteiger partial charge < -0.3 is 5.32 Å². The summed E-state index contributed by atoms with van der Waals surface area (Å²) in [5, 5.41) is 5.39. The van der Waals surface area contributed by atoms with Gasteiger partial charge in [-0.1, -0.05) is 43.3 Å². The molecule has 0 fully saturated rings. The van der Waals surface area contributed by atoms with E-state index in [0.717, 1.165) is 29.3 Å². The second-order valence-corrected chi connectivity index (χ2v) is 5.27. The second-order valence-electron chi connectivity index (χ2n) is 5.27. The number of alkyl halides is 3. The predicted octanol–water partition coefficient (Wildman–Crippen LogP) is 5.22. The highest BCUT2D eigenvalue weighted by Gasteiger charge is 2.28. The molecule has 2 aromatic carbocycles. The van der Waals surface area contributed by atoms with E-state index < -0.39 is 12.6 Å². The van der Waals surface area contributed by atoms with Crippen LogP contribution in [0.2, 0.25) is 0 Å². The van der Waals surface area contributed by atoms with Crippen LogP contribution in [0.1, 0.15) is 37.8 Å². The van der Waals surface area contributed by atoms with Crippen LogP contribution in [0.5, 0.6) is 0 Å². The van der Waals surface area contributed by atoms with Gasteiger partial charge in [0.2, 0.25) is 0 Å². The first-order valence-electron chi connectivity index (χ1n) is 7.28. The summed E-state index contributed by atoms with van der Waals surface area (Å²) in [6, 6.07) is 13.5. The zero-order valence-corrected chi connectivity index (χ0v) is 12.1. The Morgan fingerprint density at radius 1 is 1.05 bits per heavy atom. The summed E-state index contributed by atoms with van der Waals surface area (Å²) in [5.74, 6) is 0. The van der Waals surface area contributed by atoms with Crippen molar-refractivity contribution in [2.45, 2.75) is 38.4 Å². The van der Waals surface area contributed by atoms with Crippen LogP contribution in [-0.4, -0.2) is 12.7 Å². The molecule has 0 radical (unpaired) electrons. The number of hydrogen-bond donors (Lipinski definition) is 1. The van der Waals surface area contributed by atoms with E-state index >= 15 is 0 Å². The van der Waals surface area contributed by atoms with E-state index in [1.54, 1.807) is 0 Å².